The highest BCUT2D eigenvalue weighted by Gasteiger charge is 2.25. The van der Waals surface area contributed by atoms with E-state index >= 15 is 0 Å². The number of hydrogen-bond acceptors (Lipinski definition) is 2. The van der Waals surface area contributed by atoms with Crippen LogP contribution < -0.4 is 5.32 Å². The van der Waals surface area contributed by atoms with E-state index in [-0.39, 0.29) is 6.42 Å². The van der Waals surface area contributed by atoms with E-state index in [0.29, 0.717) is 13.0 Å². The van der Waals surface area contributed by atoms with Gasteiger partial charge in [0.25, 0.3) is 0 Å². The highest BCUT2D eigenvalue weighted by atomic mass is 32.1. The third-order valence-corrected chi connectivity index (χ3v) is 4.04. The normalized spacial score (nSPS) is 12.5. The number of halogens is 3. The smallest absolute Gasteiger partial charge is 0.357 e. The Kier molecular flexibility index (Phi) is 8.30. The minimum absolute atomic E-state index is 0.130. The van der Waals surface area contributed by atoms with Gasteiger partial charge < -0.3 is 10.2 Å². The molecule has 7 heteroatoms. The Morgan fingerprint density at radius 3 is 2.73 bits per heavy atom. The van der Waals surface area contributed by atoms with E-state index in [4.69, 9.17) is 0 Å². The van der Waals surface area contributed by atoms with E-state index in [1.165, 1.54) is 4.88 Å². The van der Waals surface area contributed by atoms with Crippen molar-refractivity contribution in [2.24, 2.45) is 4.99 Å². The molecule has 0 saturated heterocycles. The molecule has 0 saturated carbocycles. The summed E-state index contributed by atoms with van der Waals surface area (Å²) in [4.78, 5) is 7.73. The third kappa shape index (κ3) is 8.26. The second-order valence-corrected chi connectivity index (χ2v) is 6.09. The summed E-state index contributed by atoms with van der Waals surface area (Å²) >= 11 is 1.72. The molecule has 1 rings (SSSR count). The van der Waals surface area contributed by atoms with Gasteiger partial charge in [0.1, 0.15) is 0 Å². The number of thiophene rings is 1. The summed E-state index contributed by atoms with van der Waals surface area (Å²) in [5.74, 6) is 0.756. The Bertz CT molecular complexity index is 430. The minimum atomic E-state index is -4.06. The highest BCUT2D eigenvalue weighted by Crippen LogP contribution is 2.22. The Morgan fingerprint density at radius 1 is 1.36 bits per heavy atom. The first kappa shape index (κ1) is 18.8. The molecule has 0 amide bonds. The molecule has 0 bridgehead atoms. The molecule has 0 atom stereocenters. The molecule has 0 aliphatic rings. The molecule has 126 valence electrons. The molecule has 1 aromatic rings. The molecule has 0 aliphatic heterocycles. The van der Waals surface area contributed by atoms with Crippen LogP contribution in [0, 0.1) is 0 Å². The highest BCUT2D eigenvalue weighted by molar-refractivity contribution is 7.09. The molecule has 0 fully saturated rings. The van der Waals surface area contributed by atoms with Crippen molar-refractivity contribution >= 4 is 17.3 Å². The van der Waals surface area contributed by atoms with E-state index in [2.05, 4.69) is 21.8 Å². The zero-order chi connectivity index (χ0) is 16.4. The number of rotatable bonds is 8. The lowest BCUT2D eigenvalue weighted by atomic mass is 10.2. The van der Waals surface area contributed by atoms with Gasteiger partial charge in [0.15, 0.2) is 5.96 Å². The molecule has 1 aromatic heterocycles. The molecule has 1 N–H and O–H groups in total. The van der Waals surface area contributed by atoms with Crippen LogP contribution in [0.2, 0.25) is 0 Å². The number of guanidine groups is 1. The second-order valence-electron chi connectivity index (χ2n) is 5.06. The maximum atomic E-state index is 12.1. The van der Waals surface area contributed by atoms with Crippen molar-refractivity contribution in [1.29, 1.82) is 0 Å². The molecule has 0 aromatic carbocycles. The maximum Gasteiger partial charge on any atom is 0.389 e. The largest absolute Gasteiger partial charge is 0.389 e. The fourth-order valence-electron chi connectivity index (χ4n) is 1.93. The number of aliphatic imine (C=N–C) groups is 1. The minimum Gasteiger partial charge on any atom is -0.357 e. The van der Waals surface area contributed by atoms with Gasteiger partial charge in [-0.3, -0.25) is 4.99 Å². The number of likely N-dealkylation sites (N-methyl/N-ethyl adjacent to an activating group) is 1. The molecule has 0 radical (unpaired) electrons. The van der Waals surface area contributed by atoms with Crippen molar-refractivity contribution in [1.82, 2.24) is 10.2 Å². The Hall–Kier alpha value is -1.24. The second kappa shape index (κ2) is 9.71. The lowest BCUT2D eigenvalue weighted by molar-refractivity contribution is -0.135. The fourth-order valence-corrected chi connectivity index (χ4v) is 2.63. The van der Waals surface area contributed by atoms with Gasteiger partial charge in [-0.05, 0) is 37.6 Å². The van der Waals surface area contributed by atoms with Gasteiger partial charge >= 0.3 is 6.18 Å². The van der Waals surface area contributed by atoms with Crippen molar-refractivity contribution in [3.8, 4) is 0 Å². The van der Waals surface area contributed by atoms with Crippen molar-refractivity contribution < 1.29 is 13.2 Å². The molecule has 0 aliphatic carbocycles. The van der Waals surface area contributed by atoms with Gasteiger partial charge in [0.05, 0.1) is 0 Å². The van der Waals surface area contributed by atoms with Crippen molar-refractivity contribution in [3.63, 3.8) is 0 Å². The average Bonchev–Trinajstić information content (AvgIpc) is 2.95. The molecular weight excluding hydrogens is 311 g/mol. The number of hydrogen-bond donors (Lipinski definition) is 1. The van der Waals surface area contributed by atoms with Crippen LogP contribution in [-0.4, -0.2) is 43.7 Å². The molecular formula is C15H24F3N3S. The van der Waals surface area contributed by atoms with Gasteiger partial charge in [-0.1, -0.05) is 6.07 Å². The molecule has 1 heterocycles. The van der Waals surface area contributed by atoms with Crippen LogP contribution in [0.25, 0.3) is 0 Å². The van der Waals surface area contributed by atoms with Gasteiger partial charge in [-0.25, -0.2) is 0 Å². The first-order valence-electron chi connectivity index (χ1n) is 7.51. The number of alkyl halides is 3. The predicted molar refractivity (Wildman–Crippen MR) is 86.5 cm³/mol. The average molecular weight is 335 g/mol. The summed E-state index contributed by atoms with van der Waals surface area (Å²) < 4.78 is 36.2. The summed E-state index contributed by atoms with van der Waals surface area (Å²) in [7, 11) is 1.95. The van der Waals surface area contributed by atoms with Gasteiger partial charge in [0.2, 0.25) is 0 Å². The van der Waals surface area contributed by atoms with Gasteiger partial charge in [0, 0.05) is 38.0 Å². The number of nitrogens with zero attached hydrogens (tertiary/aromatic N) is 2. The van der Waals surface area contributed by atoms with Crippen molar-refractivity contribution in [3.05, 3.63) is 22.4 Å². The summed E-state index contributed by atoms with van der Waals surface area (Å²) in [6, 6.07) is 4.12. The van der Waals surface area contributed by atoms with E-state index in [9.17, 15) is 13.2 Å². The van der Waals surface area contributed by atoms with Crippen LogP contribution in [0.4, 0.5) is 13.2 Å². The van der Waals surface area contributed by atoms with E-state index in [0.717, 1.165) is 25.5 Å². The summed E-state index contributed by atoms with van der Waals surface area (Å²) in [6.07, 6.45) is -3.27. The predicted octanol–water partition coefficient (Wildman–Crippen LogP) is 3.92. The molecule has 0 spiro atoms. The first-order valence-corrected chi connectivity index (χ1v) is 8.39. The quantitative estimate of drug-likeness (QED) is 0.443. The summed E-state index contributed by atoms with van der Waals surface area (Å²) in [6.45, 7) is 3.97. The Labute approximate surface area is 134 Å². The summed E-state index contributed by atoms with van der Waals surface area (Å²) in [5, 5.41) is 5.23. The van der Waals surface area contributed by atoms with Crippen LogP contribution in [0.3, 0.4) is 0 Å². The molecule has 0 unspecified atom stereocenters. The lowest BCUT2D eigenvalue weighted by Crippen LogP contribution is -2.40. The standard InChI is InChI=1S/C15H24F3N3S/c1-3-19-14(20-10-5-4-9-15(16,17)18)21(2)11-8-13-7-6-12-22-13/h6-7,12H,3-5,8-11H2,1-2H3,(H,19,20). The van der Waals surface area contributed by atoms with E-state index < -0.39 is 12.6 Å². The number of nitrogens with one attached hydrogen (secondary N) is 1. The monoisotopic (exact) mass is 335 g/mol. The Morgan fingerprint density at radius 2 is 2.14 bits per heavy atom. The molecule has 3 nitrogen and oxygen atoms in total. The van der Waals surface area contributed by atoms with E-state index in [1.807, 2.05) is 24.9 Å². The zero-order valence-electron chi connectivity index (χ0n) is 13.1. The van der Waals surface area contributed by atoms with Crippen LogP contribution in [0.1, 0.15) is 31.1 Å². The first-order chi connectivity index (χ1) is 10.4. The van der Waals surface area contributed by atoms with Crippen LogP contribution in [0.5, 0.6) is 0 Å². The fraction of sp³-hybridized carbons (Fsp3) is 0.667. The lowest BCUT2D eigenvalue weighted by Gasteiger charge is -2.21. The van der Waals surface area contributed by atoms with Crippen molar-refractivity contribution in [2.45, 2.75) is 38.8 Å². The SMILES string of the molecule is CCNC(=NCCCCC(F)(F)F)N(C)CCc1cccs1. The van der Waals surface area contributed by atoms with E-state index in [1.54, 1.807) is 11.3 Å². The van der Waals surface area contributed by atoms with Crippen LogP contribution in [0.15, 0.2) is 22.5 Å². The van der Waals surface area contributed by atoms with Crippen LogP contribution >= 0.6 is 11.3 Å². The Balaban J connectivity index is 2.36. The van der Waals surface area contributed by atoms with Crippen molar-refractivity contribution in [2.75, 3.05) is 26.7 Å². The number of unbranched alkanes of at least 4 members (excludes halogenated alkanes) is 1. The van der Waals surface area contributed by atoms with Gasteiger partial charge in [-0.15, -0.1) is 11.3 Å². The third-order valence-electron chi connectivity index (χ3n) is 3.10. The molecule has 22 heavy (non-hydrogen) atoms. The van der Waals surface area contributed by atoms with Crippen LogP contribution in [-0.2, 0) is 6.42 Å². The summed E-state index contributed by atoms with van der Waals surface area (Å²) in [5.41, 5.74) is 0. The topological polar surface area (TPSA) is 27.6 Å². The van der Waals surface area contributed by atoms with Gasteiger partial charge in [-0.2, -0.15) is 13.2 Å². The maximum absolute atomic E-state index is 12.1. The zero-order valence-corrected chi connectivity index (χ0v) is 13.9.